The summed E-state index contributed by atoms with van der Waals surface area (Å²) >= 11 is 0. The number of aliphatic hydroxyl groups is 1. The summed E-state index contributed by atoms with van der Waals surface area (Å²) in [5.41, 5.74) is 1.72. The number of hydrogen-bond acceptors (Lipinski definition) is 5. The van der Waals surface area contributed by atoms with Crippen LogP contribution in [-0.2, 0) is 4.74 Å². The van der Waals surface area contributed by atoms with Gasteiger partial charge < -0.3 is 19.9 Å². The molecule has 1 heterocycles. The Kier molecular flexibility index (Phi) is 5.01. The van der Waals surface area contributed by atoms with Crippen molar-refractivity contribution in [3.8, 4) is 5.75 Å². The molecule has 0 spiro atoms. The zero-order chi connectivity index (χ0) is 12.0. The van der Waals surface area contributed by atoms with Crippen molar-refractivity contribution in [3.05, 3.63) is 18.0 Å². The van der Waals surface area contributed by atoms with Gasteiger partial charge in [0.2, 0.25) is 0 Å². The third kappa shape index (κ3) is 3.67. The van der Waals surface area contributed by atoms with Crippen molar-refractivity contribution in [2.45, 2.75) is 13.0 Å². The third-order valence-electron chi connectivity index (χ3n) is 2.11. The van der Waals surface area contributed by atoms with Gasteiger partial charge in [-0.2, -0.15) is 0 Å². The van der Waals surface area contributed by atoms with E-state index in [1.807, 2.05) is 13.0 Å². The molecule has 16 heavy (non-hydrogen) atoms. The topological polar surface area (TPSA) is 63.6 Å². The summed E-state index contributed by atoms with van der Waals surface area (Å²) in [6.45, 7) is 2.61. The molecule has 0 aliphatic carbocycles. The second-order valence-electron chi connectivity index (χ2n) is 3.52. The summed E-state index contributed by atoms with van der Waals surface area (Å²) in [4.78, 5) is 4.12. The van der Waals surface area contributed by atoms with Gasteiger partial charge in [0.15, 0.2) is 5.75 Å². The Labute approximate surface area is 95.4 Å². The van der Waals surface area contributed by atoms with Gasteiger partial charge in [-0.15, -0.1) is 0 Å². The molecule has 0 saturated heterocycles. The molecule has 0 fully saturated rings. The molecule has 5 nitrogen and oxygen atoms in total. The Balaban J connectivity index is 2.61. The number of anilines is 1. The number of pyridine rings is 1. The third-order valence-corrected chi connectivity index (χ3v) is 2.11. The van der Waals surface area contributed by atoms with Crippen LogP contribution in [0.15, 0.2) is 12.3 Å². The lowest BCUT2D eigenvalue weighted by molar-refractivity contribution is 0.0727. The second-order valence-corrected chi connectivity index (χ2v) is 3.52. The highest BCUT2D eigenvalue weighted by molar-refractivity contribution is 5.55. The number of aliphatic hydroxyl groups excluding tert-OH is 1. The molecular weight excluding hydrogens is 208 g/mol. The maximum atomic E-state index is 9.50. The lowest BCUT2D eigenvalue weighted by Gasteiger charge is -2.14. The lowest BCUT2D eigenvalue weighted by atomic mass is 10.3. The molecule has 1 atom stereocenters. The van der Waals surface area contributed by atoms with Crippen LogP contribution < -0.4 is 10.1 Å². The van der Waals surface area contributed by atoms with Crippen molar-refractivity contribution in [3.63, 3.8) is 0 Å². The first kappa shape index (κ1) is 12.7. The molecule has 90 valence electrons. The minimum Gasteiger partial charge on any atom is -0.493 e. The number of aryl methyl sites for hydroxylation is 1. The molecule has 5 heteroatoms. The predicted molar refractivity (Wildman–Crippen MR) is 61.9 cm³/mol. The number of nitrogens with one attached hydrogen (secondary N) is 1. The van der Waals surface area contributed by atoms with E-state index < -0.39 is 6.10 Å². The average Bonchev–Trinajstić information content (AvgIpc) is 2.27. The van der Waals surface area contributed by atoms with Crippen molar-refractivity contribution in [1.82, 2.24) is 4.98 Å². The first-order chi connectivity index (χ1) is 7.67. The Morgan fingerprint density at radius 3 is 2.88 bits per heavy atom. The molecule has 0 amide bonds. The van der Waals surface area contributed by atoms with E-state index in [0.717, 1.165) is 11.4 Å². The summed E-state index contributed by atoms with van der Waals surface area (Å²) in [5, 5.41) is 12.6. The van der Waals surface area contributed by atoms with E-state index in [1.165, 1.54) is 0 Å². The fourth-order valence-corrected chi connectivity index (χ4v) is 1.33. The first-order valence-electron chi connectivity index (χ1n) is 5.09. The van der Waals surface area contributed by atoms with Crippen molar-refractivity contribution in [2.24, 2.45) is 0 Å². The van der Waals surface area contributed by atoms with E-state index in [-0.39, 0.29) is 0 Å². The quantitative estimate of drug-likeness (QED) is 0.751. The van der Waals surface area contributed by atoms with Gasteiger partial charge in [0.1, 0.15) is 0 Å². The minimum absolute atomic E-state index is 0.305. The van der Waals surface area contributed by atoms with Crippen LogP contribution in [0, 0.1) is 6.92 Å². The van der Waals surface area contributed by atoms with Crippen molar-refractivity contribution in [2.75, 3.05) is 32.7 Å². The summed E-state index contributed by atoms with van der Waals surface area (Å²) in [7, 11) is 3.14. The zero-order valence-corrected chi connectivity index (χ0v) is 9.86. The Morgan fingerprint density at radius 2 is 2.25 bits per heavy atom. The van der Waals surface area contributed by atoms with E-state index in [4.69, 9.17) is 9.47 Å². The number of ether oxygens (including phenoxy) is 2. The van der Waals surface area contributed by atoms with Gasteiger partial charge in [0, 0.05) is 19.3 Å². The summed E-state index contributed by atoms with van der Waals surface area (Å²) in [6, 6.07) is 1.87. The summed E-state index contributed by atoms with van der Waals surface area (Å²) in [6.07, 6.45) is 1.11. The van der Waals surface area contributed by atoms with Crippen molar-refractivity contribution in [1.29, 1.82) is 0 Å². The predicted octanol–water partition coefficient (Wildman–Crippen LogP) is 0.818. The van der Waals surface area contributed by atoms with Crippen LogP contribution in [0.3, 0.4) is 0 Å². The maximum absolute atomic E-state index is 9.50. The van der Waals surface area contributed by atoms with Crippen LogP contribution in [-0.4, -0.2) is 43.6 Å². The van der Waals surface area contributed by atoms with Crippen LogP contribution in [0.25, 0.3) is 0 Å². The van der Waals surface area contributed by atoms with Gasteiger partial charge in [-0.05, 0) is 13.0 Å². The van der Waals surface area contributed by atoms with Crippen LogP contribution in [0.2, 0.25) is 0 Å². The maximum Gasteiger partial charge on any atom is 0.160 e. The molecular formula is C11H18N2O3. The van der Waals surface area contributed by atoms with Gasteiger partial charge in [-0.25, -0.2) is 0 Å². The molecule has 1 aromatic rings. The fourth-order valence-electron chi connectivity index (χ4n) is 1.33. The molecule has 0 aliphatic rings. The van der Waals surface area contributed by atoms with Gasteiger partial charge in [-0.1, -0.05) is 0 Å². The highest BCUT2D eigenvalue weighted by Crippen LogP contribution is 2.23. The van der Waals surface area contributed by atoms with Crippen LogP contribution in [0.1, 0.15) is 5.69 Å². The number of hydrogen-bond donors (Lipinski definition) is 2. The van der Waals surface area contributed by atoms with Crippen molar-refractivity contribution < 1.29 is 14.6 Å². The van der Waals surface area contributed by atoms with E-state index in [2.05, 4.69) is 10.3 Å². The van der Waals surface area contributed by atoms with Gasteiger partial charge in [-0.3, -0.25) is 4.98 Å². The van der Waals surface area contributed by atoms with E-state index >= 15 is 0 Å². The smallest absolute Gasteiger partial charge is 0.160 e. The largest absolute Gasteiger partial charge is 0.493 e. The number of aromatic nitrogens is 1. The highest BCUT2D eigenvalue weighted by Gasteiger charge is 2.07. The molecule has 0 aromatic carbocycles. The average molecular weight is 226 g/mol. The molecule has 0 saturated carbocycles. The molecule has 1 rings (SSSR count). The van der Waals surface area contributed by atoms with Crippen molar-refractivity contribution >= 4 is 5.69 Å². The zero-order valence-electron chi connectivity index (χ0n) is 9.86. The van der Waals surface area contributed by atoms with Crippen LogP contribution in [0.5, 0.6) is 5.75 Å². The normalized spacial score (nSPS) is 12.2. The lowest BCUT2D eigenvalue weighted by Crippen LogP contribution is -2.24. The molecule has 1 aromatic heterocycles. The van der Waals surface area contributed by atoms with E-state index in [0.29, 0.717) is 18.9 Å². The Hall–Kier alpha value is -1.33. The Morgan fingerprint density at radius 1 is 1.50 bits per heavy atom. The first-order valence-corrected chi connectivity index (χ1v) is 5.09. The fraction of sp³-hybridized carbons (Fsp3) is 0.545. The van der Waals surface area contributed by atoms with Gasteiger partial charge >= 0.3 is 0 Å². The highest BCUT2D eigenvalue weighted by atomic mass is 16.5. The summed E-state index contributed by atoms with van der Waals surface area (Å²) < 4.78 is 9.99. The SMILES string of the molecule is COCC(O)CNc1cc(C)ncc1OC. The van der Waals surface area contributed by atoms with Crippen LogP contribution in [0.4, 0.5) is 5.69 Å². The second kappa shape index (κ2) is 6.30. The van der Waals surface area contributed by atoms with Gasteiger partial charge in [0.05, 0.1) is 31.7 Å². The van der Waals surface area contributed by atoms with Gasteiger partial charge in [0.25, 0.3) is 0 Å². The number of rotatable bonds is 6. The van der Waals surface area contributed by atoms with E-state index in [9.17, 15) is 5.11 Å². The van der Waals surface area contributed by atoms with E-state index in [1.54, 1.807) is 20.4 Å². The number of nitrogens with zero attached hydrogens (tertiary/aromatic N) is 1. The van der Waals surface area contributed by atoms with Crippen LogP contribution >= 0.6 is 0 Å². The molecule has 0 radical (unpaired) electrons. The molecule has 0 aliphatic heterocycles. The summed E-state index contributed by atoms with van der Waals surface area (Å²) in [5.74, 6) is 0.662. The number of methoxy groups -OCH3 is 2. The standard InChI is InChI=1S/C11H18N2O3/c1-8-4-10(11(16-3)6-12-8)13-5-9(14)7-15-2/h4,6,9,14H,5,7H2,1-3H3,(H,12,13). The minimum atomic E-state index is -0.539. The monoisotopic (exact) mass is 226 g/mol. The molecule has 0 bridgehead atoms. The molecule has 2 N–H and O–H groups in total. The Bertz CT molecular complexity index is 331. The molecule has 1 unspecified atom stereocenters.